The molecule has 1 aliphatic heterocycles. The summed E-state index contributed by atoms with van der Waals surface area (Å²) in [5.74, 6) is 2.30. The Balaban J connectivity index is 1.93. The topological polar surface area (TPSA) is 77.4 Å². The van der Waals surface area contributed by atoms with E-state index in [1.807, 2.05) is 63.2 Å². The van der Waals surface area contributed by atoms with E-state index in [9.17, 15) is 4.79 Å². The summed E-state index contributed by atoms with van der Waals surface area (Å²) in [5, 5.41) is 9.43. The lowest BCUT2D eigenvalue weighted by atomic mass is 10.0. The highest BCUT2D eigenvalue weighted by atomic mass is 32.2. The summed E-state index contributed by atoms with van der Waals surface area (Å²) >= 11 is 1.54. The number of rotatable bonds is 7. The van der Waals surface area contributed by atoms with Crippen LogP contribution in [0.4, 0.5) is 5.69 Å². The molecule has 0 saturated heterocycles. The van der Waals surface area contributed by atoms with Gasteiger partial charge in [0, 0.05) is 17.7 Å². The number of aryl methyl sites for hydroxylation is 1. The molecule has 1 amide bonds. The van der Waals surface area contributed by atoms with Crippen LogP contribution in [0.1, 0.15) is 51.5 Å². The van der Waals surface area contributed by atoms with Gasteiger partial charge in [-0.05, 0) is 44.0 Å². The zero-order chi connectivity index (χ0) is 24.2. The van der Waals surface area contributed by atoms with Crippen LogP contribution in [-0.4, -0.2) is 33.4 Å². The van der Waals surface area contributed by atoms with Gasteiger partial charge in [-0.25, -0.2) is 0 Å². The molecule has 0 radical (unpaired) electrons. The van der Waals surface area contributed by atoms with Crippen LogP contribution < -0.4 is 14.4 Å². The van der Waals surface area contributed by atoms with Crippen LogP contribution in [0.2, 0.25) is 0 Å². The van der Waals surface area contributed by atoms with Crippen molar-refractivity contribution in [2.75, 3.05) is 17.3 Å². The van der Waals surface area contributed by atoms with Crippen LogP contribution >= 0.6 is 11.8 Å². The predicted octanol–water partition coefficient (Wildman–Crippen LogP) is 5.83. The van der Waals surface area contributed by atoms with Gasteiger partial charge in [-0.2, -0.15) is 4.98 Å². The fraction of sp³-hybridized carbons (Fsp3) is 0.385. The van der Waals surface area contributed by atoms with E-state index in [1.54, 1.807) is 16.7 Å². The van der Waals surface area contributed by atoms with E-state index in [0.717, 1.165) is 22.4 Å². The first-order valence-electron chi connectivity index (χ1n) is 11.6. The molecule has 4 rings (SSSR count). The minimum atomic E-state index is -0.766. The number of hydrogen-bond donors (Lipinski definition) is 0. The molecule has 1 unspecified atom stereocenters. The highest BCUT2D eigenvalue weighted by molar-refractivity contribution is 7.99. The Morgan fingerprint density at radius 1 is 1.18 bits per heavy atom. The van der Waals surface area contributed by atoms with E-state index in [0.29, 0.717) is 47.1 Å². The first kappa shape index (κ1) is 24.0. The third-order valence-corrected chi connectivity index (χ3v) is 6.63. The molecular formula is C26H30N4O3S. The highest BCUT2D eigenvalue weighted by Gasteiger charge is 2.36. The number of nitrogens with zero attached hydrogens (tertiary/aromatic N) is 4. The summed E-state index contributed by atoms with van der Waals surface area (Å²) in [4.78, 5) is 19.8. The van der Waals surface area contributed by atoms with Crippen molar-refractivity contribution >= 4 is 23.4 Å². The summed E-state index contributed by atoms with van der Waals surface area (Å²) in [6, 6.07) is 13.6. The third-order valence-electron chi connectivity index (χ3n) is 5.36. The third kappa shape index (κ3) is 4.87. The van der Waals surface area contributed by atoms with Crippen LogP contribution in [0.15, 0.2) is 47.6 Å². The molecule has 1 aliphatic rings. The van der Waals surface area contributed by atoms with Gasteiger partial charge >= 0.3 is 0 Å². The summed E-state index contributed by atoms with van der Waals surface area (Å²) in [6.45, 7) is 10.6. The number of ether oxygens (including phenoxy) is 2. The van der Waals surface area contributed by atoms with E-state index >= 15 is 0 Å². The average molecular weight is 479 g/mol. The second-order valence-electron chi connectivity index (χ2n) is 8.53. The predicted molar refractivity (Wildman–Crippen MR) is 134 cm³/mol. The summed E-state index contributed by atoms with van der Waals surface area (Å²) in [6.07, 6.45) is -0.452. The molecule has 0 fully saturated rings. The van der Waals surface area contributed by atoms with Gasteiger partial charge in [0.15, 0.2) is 5.69 Å². The lowest BCUT2D eigenvalue weighted by Gasteiger charge is -2.31. The van der Waals surface area contributed by atoms with E-state index in [-0.39, 0.29) is 5.91 Å². The zero-order valence-electron chi connectivity index (χ0n) is 20.2. The number of aromatic nitrogens is 3. The molecule has 2 aromatic carbocycles. The van der Waals surface area contributed by atoms with Crippen molar-refractivity contribution in [1.82, 2.24) is 15.2 Å². The zero-order valence-corrected chi connectivity index (χ0v) is 21.1. The van der Waals surface area contributed by atoms with Gasteiger partial charge in [-0.15, -0.1) is 10.2 Å². The number of hydrogen-bond acceptors (Lipinski definition) is 7. The Hall–Kier alpha value is -3.13. The second kappa shape index (κ2) is 10.4. The Morgan fingerprint density at radius 3 is 2.71 bits per heavy atom. The van der Waals surface area contributed by atoms with Crippen LogP contribution in [0.3, 0.4) is 0 Å². The van der Waals surface area contributed by atoms with Crippen LogP contribution in [0.25, 0.3) is 11.3 Å². The number of fused-ring (bicyclic) bond motifs is 3. The van der Waals surface area contributed by atoms with Gasteiger partial charge in [-0.1, -0.05) is 56.3 Å². The maximum absolute atomic E-state index is 13.4. The summed E-state index contributed by atoms with van der Waals surface area (Å²) in [7, 11) is 0. The molecule has 2 heterocycles. The van der Waals surface area contributed by atoms with Crippen LogP contribution in [0.5, 0.6) is 11.6 Å². The number of amides is 1. The SMILES string of the molecule is CCOc1ccccc1C1Oc2nc(SCC(C)C)nnc2-c2cc(C)ccc2N1C(=O)CC. The fourth-order valence-electron chi connectivity index (χ4n) is 3.80. The number of carbonyl (C=O) groups is 1. The Labute approximate surface area is 204 Å². The number of para-hydroxylation sites is 1. The second-order valence-corrected chi connectivity index (χ2v) is 9.52. The standard InChI is InChI=1S/C26H30N4O3S/c1-6-22(31)30-20-13-12-17(5)14-19(20)23-24(27-26(29-28-23)34-15-16(3)4)33-25(30)18-10-8-9-11-21(18)32-7-2/h8-14,16,25H,6-7,15H2,1-5H3. The number of carbonyl (C=O) groups excluding carboxylic acids is 1. The van der Waals surface area contributed by atoms with Crippen molar-refractivity contribution in [2.45, 2.75) is 52.4 Å². The molecule has 178 valence electrons. The number of anilines is 1. The van der Waals surface area contributed by atoms with E-state index < -0.39 is 6.23 Å². The maximum atomic E-state index is 13.4. The lowest BCUT2D eigenvalue weighted by Crippen LogP contribution is -2.37. The normalized spacial score (nSPS) is 14.8. The quantitative estimate of drug-likeness (QED) is 0.396. The first-order valence-corrected chi connectivity index (χ1v) is 12.6. The fourth-order valence-corrected chi connectivity index (χ4v) is 4.52. The molecule has 0 saturated carbocycles. The van der Waals surface area contributed by atoms with Gasteiger partial charge in [0.25, 0.3) is 0 Å². The Bertz CT molecular complexity index is 1180. The minimum Gasteiger partial charge on any atom is -0.493 e. The van der Waals surface area contributed by atoms with Gasteiger partial charge in [0.1, 0.15) is 5.75 Å². The minimum absolute atomic E-state index is 0.0726. The molecule has 1 atom stereocenters. The van der Waals surface area contributed by atoms with Gasteiger partial charge in [-0.3, -0.25) is 9.69 Å². The van der Waals surface area contributed by atoms with Gasteiger partial charge in [0.2, 0.25) is 23.2 Å². The van der Waals surface area contributed by atoms with Crippen molar-refractivity contribution < 1.29 is 14.3 Å². The molecule has 0 spiro atoms. The van der Waals surface area contributed by atoms with E-state index in [2.05, 4.69) is 24.0 Å². The molecule has 0 N–H and O–H groups in total. The molecule has 3 aromatic rings. The largest absolute Gasteiger partial charge is 0.493 e. The first-order chi connectivity index (χ1) is 16.4. The smallest absolute Gasteiger partial charge is 0.247 e. The average Bonchev–Trinajstić information content (AvgIpc) is 2.97. The Kier molecular flexibility index (Phi) is 7.36. The molecule has 0 bridgehead atoms. The molecule has 34 heavy (non-hydrogen) atoms. The lowest BCUT2D eigenvalue weighted by molar-refractivity contribution is -0.120. The molecule has 0 aliphatic carbocycles. The summed E-state index contributed by atoms with van der Waals surface area (Å²) < 4.78 is 12.4. The molecular weight excluding hydrogens is 448 g/mol. The van der Waals surface area contributed by atoms with Crippen molar-refractivity contribution in [3.05, 3.63) is 53.6 Å². The number of benzene rings is 2. The molecule has 8 heteroatoms. The van der Waals surface area contributed by atoms with Gasteiger partial charge < -0.3 is 9.47 Å². The maximum Gasteiger partial charge on any atom is 0.247 e. The van der Waals surface area contributed by atoms with E-state index in [4.69, 9.17) is 14.5 Å². The van der Waals surface area contributed by atoms with E-state index in [1.165, 1.54) is 0 Å². The van der Waals surface area contributed by atoms with Crippen molar-refractivity contribution in [3.8, 4) is 22.9 Å². The Morgan fingerprint density at radius 2 is 1.97 bits per heavy atom. The van der Waals surface area contributed by atoms with Gasteiger partial charge in [0.05, 0.1) is 17.9 Å². The van der Waals surface area contributed by atoms with Crippen LogP contribution in [0, 0.1) is 12.8 Å². The number of thioether (sulfide) groups is 1. The van der Waals surface area contributed by atoms with Crippen molar-refractivity contribution in [3.63, 3.8) is 0 Å². The van der Waals surface area contributed by atoms with Crippen LogP contribution in [-0.2, 0) is 4.79 Å². The van der Waals surface area contributed by atoms with Crippen molar-refractivity contribution in [1.29, 1.82) is 0 Å². The van der Waals surface area contributed by atoms with Crippen molar-refractivity contribution in [2.24, 2.45) is 5.92 Å². The monoisotopic (exact) mass is 478 g/mol. The highest BCUT2D eigenvalue weighted by Crippen LogP contribution is 2.45. The molecule has 7 nitrogen and oxygen atoms in total. The summed E-state index contributed by atoms with van der Waals surface area (Å²) in [5.41, 5.74) is 3.81. The molecule has 1 aromatic heterocycles.